The van der Waals surface area contributed by atoms with Crippen molar-refractivity contribution in [3.63, 3.8) is 0 Å². The summed E-state index contributed by atoms with van der Waals surface area (Å²) >= 11 is 0. The molecule has 2 aliphatic rings. The molecule has 2 heterocycles. The molecule has 0 saturated carbocycles. The minimum absolute atomic E-state index is 0.0221. The summed E-state index contributed by atoms with van der Waals surface area (Å²) in [5, 5.41) is 167. The molecular formula is C41H76N4O23. The Balaban J connectivity index is 2.06. The first kappa shape index (κ1) is 61.4. The van der Waals surface area contributed by atoms with Gasteiger partial charge >= 0.3 is 0 Å². The number of unbranched alkanes of at least 4 members (excludes halogenated alkanes) is 4. The van der Waals surface area contributed by atoms with Crippen molar-refractivity contribution < 1.29 is 115 Å². The summed E-state index contributed by atoms with van der Waals surface area (Å²) < 4.78 is 21.1. The first-order valence-corrected chi connectivity index (χ1v) is 22.5. The van der Waals surface area contributed by atoms with Gasteiger partial charge in [-0.05, 0) is 19.9 Å². The van der Waals surface area contributed by atoms with Crippen molar-refractivity contribution in [2.45, 2.75) is 156 Å². The molecule has 2 rings (SSSR count). The Morgan fingerprint density at radius 3 is 1.44 bits per heavy atom. The van der Waals surface area contributed by atoms with Crippen molar-refractivity contribution in [2.75, 3.05) is 72.7 Å². The van der Waals surface area contributed by atoms with Crippen LogP contribution in [0.15, 0.2) is 12.2 Å². The van der Waals surface area contributed by atoms with E-state index in [4.69, 9.17) is 18.9 Å². The highest BCUT2D eigenvalue weighted by atomic mass is 16.7. The number of rotatable bonds is 32. The Morgan fingerprint density at radius 1 is 0.603 bits per heavy atom. The van der Waals surface area contributed by atoms with E-state index in [0.29, 0.717) is 12.8 Å². The lowest BCUT2D eigenvalue weighted by Crippen LogP contribution is -2.62. The molecule has 0 aromatic heterocycles. The van der Waals surface area contributed by atoms with E-state index in [1.807, 2.05) is 0 Å². The lowest BCUT2D eigenvalue weighted by molar-refractivity contribution is -0.326. The molecule has 3 amide bonds. The number of amides is 3. The molecular weight excluding hydrogens is 916 g/mol. The number of nitrogens with zero attached hydrogens (tertiary/aromatic N) is 2. The Morgan fingerprint density at radius 2 is 1.03 bits per heavy atom. The molecule has 398 valence electrons. The second-order valence-electron chi connectivity index (χ2n) is 16.9. The molecule has 2 aliphatic heterocycles. The Hall–Kier alpha value is -2.69. The number of nitrogens with one attached hydrogen (secondary N) is 2. The fourth-order valence-electron chi connectivity index (χ4n) is 7.23. The van der Waals surface area contributed by atoms with Crippen LogP contribution in [0.2, 0.25) is 0 Å². The average molecular weight is 993 g/mol. The van der Waals surface area contributed by atoms with Crippen molar-refractivity contribution in [2.24, 2.45) is 0 Å². The van der Waals surface area contributed by atoms with Crippen molar-refractivity contribution >= 4 is 17.7 Å². The Kier molecular flexibility index (Phi) is 27.9. The standard InChI is InChI=1S/C41H76N4O23/c1-4-5-6-7-8-9-20(2)39(64)45(13-11-43-38(63)32(59)30(57)36(22(51)17-47)68-41-34(61)28(55)26(53)24(19-49)66-41)15-14-44(3)12-10-42-37(62)31(58)29(56)35(21(50)16-46)67-40-33(60)27(54)25(52)23(18-48)65-40/h21-36,40-41,46-61H,2,4-19H2,1,3H3,(H,42,62)(H,43,63)/t21?,22?,23?,24?,25-,26+,27-,28+,29?,30?,31?,32?,33?,34?,35?,36?,40-,41+/m0/s1. The summed E-state index contributed by atoms with van der Waals surface area (Å²) in [4.78, 5) is 42.6. The summed E-state index contributed by atoms with van der Waals surface area (Å²) in [5.74, 6) is -2.84. The second-order valence-corrected chi connectivity index (χ2v) is 16.9. The SMILES string of the molecule is C=C(CCCCCCC)C(=O)N(CCNC(=O)C(O)C(O)C(O[C@H]1OC(CO)[C@@H](O)[C@@H](O)C1O)C(O)CO)CCN(C)CCNC(=O)C(O)C(O)C(O[C@@H]1OC(CO)[C@H](O)[C@H](O)C1O)C(O)CO. The van der Waals surface area contributed by atoms with Crippen molar-refractivity contribution in [3.8, 4) is 0 Å². The van der Waals surface area contributed by atoms with Crippen LogP contribution in [0.5, 0.6) is 0 Å². The molecule has 27 nitrogen and oxygen atoms in total. The molecule has 2 saturated heterocycles. The third-order valence-electron chi connectivity index (χ3n) is 11.7. The number of aliphatic hydroxyl groups is 16. The largest absolute Gasteiger partial charge is 0.394 e. The van der Waals surface area contributed by atoms with Crippen LogP contribution in [0.25, 0.3) is 0 Å². The summed E-state index contributed by atoms with van der Waals surface area (Å²) in [6.45, 7) is 1.82. The summed E-state index contributed by atoms with van der Waals surface area (Å²) in [6.07, 6.45) is -30.4. The number of likely N-dealkylation sites (N-methyl/N-ethyl adjacent to an activating group) is 1. The van der Waals surface area contributed by atoms with Crippen molar-refractivity contribution in [1.29, 1.82) is 0 Å². The molecule has 68 heavy (non-hydrogen) atoms. The zero-order valence-electron chi connectivity index (χ0n) is 38.3. The van der Waals surface area contributed by atoms with E-state index in [-0.39, 0.29) is 44.8 Å². The number of carbonyl (C=O) groups is 3. The molecule has 18 atom stereocenters. The highest BCUT2D eigenvalue weighted by Crippen LogP contribution is 2.27. The maximum Gasteiger partial charge on any atom is 0.251 e. The normalized spacial score (nSPS) is 29.0. The highest BCUT2D eigenvalue weighted by Gasteiger charge is 2.49. The van der Waals surface area contributed by atoms with Crippen LogP contribution >= 0.6 is 0 Å². The fraction of sp³-hybridized carbons (Fsp3) is 0.878. The summed E-state index contributed by atoms with van der Waals surface area (Å²) in [5.41, 5.74) is 0.275. The van der Waals surface area contributed by atoms with Gasteiger partial charge in [0.25, 0.3) is 11.8 Å². The van der Waals surface area contributed by atoms with Crippen LogP contribution in [-0.2, 0) is 33.3 Å². The van der Waals surface area contributed by atoms with Gasteiger partial charge < -0.3 is 121 Å². The zero-order chi connectivity index (χ0) is 51.4. The number of aliphatic hydroxyl groups excluding tert-OH is 16. The highest BCUT2D eigenvalue weighted by molar-refractivity contribution is 5.92. The lowest BCUT2D eigenvalue weighted by Gasteiger charge is -2.42. The van der Waals surface area contributed by atoms with E-state index in [0.717, 1.165) is 25.7 Å². The van der Waals surface area contributed by atoms with Crippen LogP contribution in [0.4, 0.5) is 0 Å². The molecule has 18 N–H and O–H groups in total. The third-order valence-corrected chi connectivity index (χ3v) is 11.7. The van der Waals surface area contributed by atoms with Gasteiger partial charge in [-0.3, -0.25) is 14.4 Å². The quantitative estimate of drug-likeness (QED) is 0.0220. The zero-order valence-corrected chi connectivity index (χ0v) is 38.3. The van der Waals surface area contributed by atoms with E-state index in [9.17, 15) is 96.1 Å². The molecule has 0 aromatic carbocycles. The monoisotopic (exact) mass is 992 g/mol. The first-order chi connectivity index (χ1) is 32.1. The molecule has 0 spiro atoms. The second kappa shape index (κ2) is 30.9. The third kappa shape index (κ3) is 17.9. The van der Waals surface area contributed by atoms with E-state index in [2.05, 4.69) is 24.1 Å². The first-order valence-electron chi connectivity index (χ1n) is 22.5. The molecule has 0 aliphatic carbocycles. The fourth-order valence-corrected chi connectivity index (χ4v) is 7.23. The Labute approximate surface area is 393 Å². The van der Waals surface area contributed by atoms with E-state index in [1.165, 1.54) is 4.90 Å². The maximum atomic E-state index is 13.6. The predicted octanol–water partition coefficient (Wildman–Crippen LogP) is -9.58. The van der Waals surface area contributed by atoms with Crippen LogP contribution in [0.1, 0.15) is 45.4 Å². The lowest BCUT2D eigenvalue weighted by atomic mass is 9.98. The number of hydrogen-bond acceptors (Lipinski definition) is 24. The molecule has 2 fully saturated rings. The molecule has 0 radical (unpaired) electrons. The molecule has 27 heteroatoms. The van der Waals surface area contributed by atoms with Gasteiger partial charge in [0.1, 0.15) is 85.5 Å². The van der Waals surface area contributed by atoms with Gasteiger partial charge in [-0.15, -0.1) is 0 Å². The molecule has 12 unspecified atom stereocenters. The average Bonchev–Trinajstić information content (AvgIpc) is 3.33. The van der Waals surface area contributed by atoms with E-state index < -0.39 is 154 Å². The summed E-state index contributed by atoms with van der Waals surface area (Å²) in [7, 11) is 1.62. The molecule has 0 bridgehead atoms. The van der Waals surface area contributed by atoms with Crippen molar-refractivity contribution in [1.82, 2.24) is 20.4 Å². The number of ether oxygens (including phenoxy) is 4. The van der Waals surface area contributed by atoms with Crippen LogP contribution < -0.4 is 10.6 Å². The van der Waals surface area contributed by atoms with Gasteiger partial charge in [0.2, 0.25) is 5.91 Å². The van der Waals surface area contributed by atoms with Crippen LogP contribution in [-0.4, -0.2) is 292 Å². The van der Waals surface area contributed by atoms with Gasteiger partial charge in [-0.1, -0.05) is 39.2 Å². The van der Waals surface area contributed by atoms with Gasteiger partial charge in [-0.25, -0.2) is 0 Å². The maximum absolute atomic E-state index is 13.6. The predicted molar refractivity (Wildman–Crippen MR) is 230 cm³/mol. The minimum Gasteiger partial charge on any atom is -0.394 e. The van der Waals surface area contributed by atoms with Gasteiger partial charge in [0, 0.05) is 44.8 Å². The topological polar surface area (TPSA) is 442 Å². The minimum atomic E-state index is -2.35. The smallest absolute Gasteiger partial charge is 0.251 e. The van der Waals surface area contributed by atoms with Gasteiger partial charge in [0.15, 0.2) is 24.8 Å². The van der Waals surface area contributed by atoms with Gasteiger partial charge in [-0.2, -0.15) is 0 Å². The Bertz CT molecular complexity index is 1490. The van der Waals surface area contributed by atoms with E-state index in [1.54, 1.807) is 11.9 Å². The summed E-state index contributed by atoms with van der Waals surface area (Å²) in [6, 6.07) is 0. The van der Waals surface area contributed by atoms with Gasteiger partial charge in [0.05, 0.1) is 26.4 Å². The van der Waals surface area contributed by atoms with E-state index >= 15 is 0 Å². The van der Waals surface area contributed by atoms with Crippen molar-refractivity contribution in [3.05, 3.63) is 12.2 Å². The number of carbonyl (C=O) groups excluding carboxylic acids is 3. The van der Waals surface area contributed by atoms with Crippen LogP contribution in [0.3, 0.4) is 0 Å². The van der Waals surface area contributed by atoms with Crippen LogP contribution in [0, 0.1) is 0 Å². The number of hydrogen-bond donors (Lipinski definition) is 18. The molecule has 0 aromatic rings.